The fourth-order valence-electron chi connectivity index (χ4n) is 2.46. The Labute approximate surface area is 139 Å². The van der Waals surface area contributed by atoms with Crippen molar-refractivity contribution < 1.29 is 20.1 Å². The Morgan fingerprint density at radius 2 is 1.62 bits per heavy atom. The number of aromatic nitrogens is 1. The third kappa shape index (κ3) is 3.66. The van der Waals surface area contributed by atoms with Gasteiger partial charge in [0, 0.05) is 26.3 Å². The molecule has 107 valence electrons. The molecule has 3 aromatic rings. The Balaban J connectivity index is 0.00000161. The molecular formula is C19H16IrN-. The van der Waals surface area contributed by atoms with Gasteiger partial charge in [0.05, 0.1) is 0 Å². The third-order valence-corrected chi connectivity index (χ3v) is 3.30. The molecule has 1 aromatic heterocycles. The van der Waals surface area contributed by atoms with E-state index in [9.17, 15) is 0 Å². The van der Waals surface area contributed by atoms with Crippen LogP contribution in [0.1, 0.15) is 11.1 Å². The second-order valence-corrected chi connectivity index (χ2v) is 5.08. The summed E-state index contributed by atoms with van der Waals surface area (Å²) in [5.74, 6) is 0. The zero-order valence-corrected chi connectivity index (χ0v) is 14.4. The first kappa shape index (κ1) is 15.6. The summed E-state index contributed by atoms with van der Waals surface area (Å²) in [6, 6.07) is 22.0. The van der Waals surface area contributed by atoms with Gasteiger partial charge in [0.2, 0.25) is 0 Å². The fourth-order valence-corrected chi connectivity index (χ4v) is 2.46. The van der Waals surface area contributed by atoms with Gasteiger partial charge in [-0.3, -0.25) is 0 Å². The van der Waals surface area contributed by atoms with E-state index in [0.717, 1.165) is 11.3 Å². The Hall–Kier alpha value is -1.76. The zero-order valence-electron chi connectivity index (χ0n) is 12.1. The van der Waals surface area contributed by atoms with Crippen molar-refractivity contribution in [3.8, 4) is 22.4 Å². The molecule has 0 aliphatic carbocycles. The molecular weight excluding hydrogens is 434 g/mol. The molecule has 21 heavy (non-hydrogen) atoms. The van der Waals surface area contributed by atoms with Crippen LogP contribution < -0.4 is 0 Å². The van der Waals surface area contributed by atoms with Crippen molar-refractivity contribution in [3.63, 3.8) is 0 Å². The number of benzene rings is 2. The Kier molecular flexibility index (Phi) is 5.06. The molecule has 3 rings (SSSR count). The normalized spacial score (nSPS) is 10.0. The molecule has 0 bridgehead atoms. The number of nitrogens with zero attached hydrogens (tertiary/aromatic N) is 1. The van der Waals surface area contributed by atoms with E-state index < -0.39 is 0 Å². The maximum atomic E-state index is 4.39. The van der Waals surface area contributed by atoms with E-state index in [4.69, 9.17) is 0 Å². The van der Waals surface area contributed by atoms with Crippen molar-refractivity contribution in [3.05, 3.63) is 78.0 Å². The van der Waals surface area contributed by atoms with Gasteiger partial charge in [-0.25, -0.2) is 0 Å². The van der Waals surface area contributed by atoms with Crippen LogP contribution in [-0.4, -0.2) is 4.98 Å². The van der Waals surface area contributed by atoms with Crippen LogP contribution in [0, 0.1) is 19.9 Å². The quantitative estimate of drug-likeness (QED) is 0.510. The van der Waals surface area contributed by atoms with Gasteiger partial charge in [0.25, 0.3) is 0 Å². The third-order valence-electron chi connectivity index (χ3n) is 3.30. The monoisotopic (exact) mass is 451 g/mol. The van der Waals surface area contributed by atoms with E-state index in [0.29, 0.717) is 0 Å². The summed E-state index contributed by atoms with van der Waals surface area (Å²) in [6.45, 7) is 4.26. The maximum Gasteiger partial charge on any atom is 0.0160 e. The van der Waals surface area contributed by atoms with Crippen LogP contribution >= 0.6 is 0 Å². The molecule has 2 aromatic carbocycles. The molecule has 0 aliphatic heterocycles. The minimum atomic E-state index is 0. The standard InChI is InChI=1S/C19H16N.Ir/c1-14-10-15(2)12-18(11-14)16-6-5-7-17(13-16)19-8-3-4-9-20-19;/h3-6,8-13H,1-2H3;/q-1;. The van der Waals surface area contributed by atoms with Crippen molar-refractivity contribution in [1.82, 2.24) is 4.98 Å². The number of hydrogen-bond donors (Lipinski definition) is 0. The fraction of sp³-hybridized carbons (Fsp3) is 0.105. The van der Waals surface area contributed by atoms with Crippen LogP contribution in [0.15, 0.2) is 60.8 Å². The van der Waals surface area contributed by atoms with Gasteiger partial charge in [-0.2, -0.15) is 0 Å². The van der Waals surface area contributed by atoms with Crippen molar-refractivity contribution in [1.29, 1.82) is 0 Å². The minimum Gasteiger partial charge on any atom is -0.305 e. The average molecular weight is 451 g/mol. The summed E-state index contributed by atoms with van der Waals surface area (Å²) < 4.78 is 0. The average Bonchev–Trinajstić information content (AvgIpc) is 2.47. The Morgan fingerprint density at radius 1 is 0.857 bits per heavy atom. The first-order chi connectivity index (χ1) is 9.72. The van der Waals surface area contributed by atoms with E-state index in [-0.39, 0.29) is 20.1 Å². The van der Waals surface area contributed by atoms with Gasteiger partial charge in [0.15, 0.2) is 0 Å². The molecule has 1 radical (unpaired) electrons. The van der Waals surface area contributed by atoms with Gasteiger partial charge >= 0.3 is 0 Å². The summed E-state index contributed by atoms with van der Waals surface area (Å²) >= 11 is 0. The summed E-state index contributed by atoms with van der Waals surface area (Å²) in [6.07, 6.45) is 1.81. The van der Waals surface area contributed by atoms with Crippen molar-refractivity contribution in [2.45, 2.75) is 13.8 Å². The van der Waals surface area contributed by atoms with Crippen LogP contribution in [0.2, 0.25) is 0 Å². The van der Waals surface area contributed by atoms with Gasteiger partial charge in [0.1, 0.15) is 0 Å². The van der Waals surface area contributed by atoms with Crippen LogP contribution in [0.4, 0.5) is 0 Å². The molecule has 0 spiro atoms. The predicted octanol–water partition coefficient (Wildman–Crippen LogP) is 4.83. The molecule has 0 amide bonds. The molecule has 2 heteroatoms. The minimum absolute atomic E-state index is 0. The number of hydrogen-bond acceptors (Lipinski definition) is 1. The first-order valence-corrected chi connectivity index (χ1v) is 6.74. The van der Waals surface area contributed by atoms with E-state index in [1.165, 1.54) is 22.3 Å². The maximum absolute atomic E-state index is 4.39. The summed E-state index contributed by atoms with van der Waals surface area (Å²) in [7, 11) is 0. The summed E-state index contributed by atoms with van der Waals surface area (Å²) in [5.41, 5.74) is 7.00. The van der Waals surface area contributed by atoms with Gasteiger partial charge < -0.3 is 4.98 Å². The van der Waals surface area contributed by atoms with E-state index >= 15 is 0 Å². The van der Waals surface area contributed by atoms with E-state index in [2.05, 4.69) is 55.2 Å². The molecule has 0 unspecified atom stereocenters. The largest absolute Gasteiger partial charge is 0.305 e. The van der Waals surface area contributed by atoms with Crippen molar-refractivity contribution >= 4 is 0 Å². The molecule has 0 atom stereocenters. The topological polar surface area (TPSA) is 12.9 Å². The summed E-state index contributed by atoms with van der Waals surface area (Å²) in [5, 5.41) is 0. The van der Waals surface area contributed by atoms with Crippen molar-refractivity contribution in [2.75, 3.05) is 0 Å². The Morgan fingerprint density at radius 3 is 2.29 bits per heavy atom. The second kappa shape index (κ2) is 6.80. The van der Waals surface area contributed by atoms with Crippen LogP contribution in [0.3, 0.4) is 0 Å². The van der Waals surface area contributed by atoms with Crippen LogP contribution in [-0.2, 0) is 20.1 Å². The van der Waals surface area contributed by atoms with E-state index in [1.807, 2.05) is 30.5 Å². The van der Waals surface area contributed by atoms with Crippen molar-refractivity contribution in [2.24, 2.45) is 0 Å². The van der Waals surface area contributed by atoms with Gasteiger partial charge in [-0.1, -0.05) is 41.5 Å². The molecule has 1 nitrogen and oxygen atoms in total. The number of aryl methyl sites for hydroxylation is 2. The van der Waals surface area contributed by atoms with Crippen LogP contribution in [0.25, 0.3) is 22.4 Å². The molecule has 0 saturated carbocycles. The van der Waals surface area contributed by atoms with Gasteiger partial charge in [-0.05, 0) is 31.2 Å². The SMILES string of the molecule is Cc1cc(C)cc(-c2cc[c-]c(-c3ccccn3)c2)c1.[Ir]. The second-order valence-electron chi connectivity index (χ2n) is 5.08. The first-order valence-electron chi connectivity index (χ1n) is 6.74. The smallest absolute Gasteiger partial charge is 0.0160 e. The predicted molar refractivity (Wildman–Crippen MR) is 83.4 cm³/mol. The molecule has 0 saturated heterocycles. The zero-order chi connectivity index (χ0) is 13.9. The number of rotatable bonds is 2. The van der Waals surface area contributed by atoms with Crippen LogP contribution in [0.5, 0.6) is 0 Å². The Bertz CT molecular complexity index is 715. The molecule has 0 N–H and O–H groups in total. The van der Waals surface area contributed by atoms with Gasteiger partial charge in [-0.15, -0.1) is 35.4 Å². The molecule has 1 heterocycles. The molecule has 0 aliphatic rings. The number of pyridine rings is 1. The van der Waals surface area contributed by atoms with E-state index in [1.54, 1.807) is 0 Å². The molecule has 0 fully saturated rings. The summed E-state index contributed by atoms with van der Waals surface area (Å²) in [4.78, 5) is 4.39.